The number of hydrogen-bond donors (Lipinski definition) is 2. The summed E-state index contributed by atoms with van der Waals surface area (Å²) >= 11 is 0. The van der Waals surface area contributed by atoms with E-state index in [0.717, 1.165) is 30.3 Å². The number of carbonyl (C=O) groups excluding carboxylic acids is 1. The summed E-state index contributed by atoms with van der Waals surface area (Å²) in [5.41, 5.74) is 2.25. The van der Waals surface area contributed by atoms with Crippen molar-refractivity contribution in [3.05, 3.63) is 29.8 Å². The molecule has 0 bridgehead atoms. The molecule has 1 amide bonds. The highest BCUT2D eigenvalue weighted by Gasteiger charge is 2.29. The van der Waals surface area contributed by atoms with Gasteiger partial charge in [0, 0.05) is 18.8 Å². The second-order valence-electron chi connectivity index (χ2n) is 6.05. The molecule has 1 fully saturated rings. The molecule has 1 aromatic carbocycles. The van der Waals surface area contributed by atoms with Gasteiger partial charge in [0.1, 0.15) is 0 Å². The van der Waals surface area contributed by atoms with Crippen LogP contribution < -0.4 is 10.6 Å². The van der Waals surface area contributed by atoms with Crippen molar-refractivity contribution in [2.75, 3.05) is 18.4 Å². The summed E-state index contributed by atoms with van der Waals surface area (Å²) in [5, 5.41) is 6.45. The molecule has 3 atom stereocenters. The van der Waals surface area contributed by atoms with E-state index in [-0.39, 0.29) is 11.8 Å². The Morgan fingerprint density at radius 2 is 2.21 bits per heavy atom. The van der Waals surface area contributed by atoms with Crippen LogP contribution in [-0.2, 0) is 4.79 Å². The van der Waals surface area contributed by atoms with Crippen LogP contribution in [0.4, 0.5) is 5.69 Å². The van der Waals surface area contributed by atoms with E-state index in [4.69, 9.17) is 0 Å². The van der Waals surface area contributed by atoms with Crippen molar-refractivity contribution >= 4 is 11.6 Å². The monoisotopic (exact) mass is 258 g/mol. The molecule has 1 aliphatic heterocycles. The Labute approximate surface area is 114 Å². The van der Waals surface area contributed by atoms with Crippen LogP contribution in [0.15, 0.2) is 24.3 Å². The molecule has 3 heteroatoms. The molecule has 3 unspecified atom stereocenters. The zero-order chi connectivity index (χ0) is 13.2. The summed E-state index contributed by atoms with van der Waals surface area (Å²) in [7, 11) is 0. The average molecular weight is 258 g/mol. The van der Waals surface area contributed by atoms with E-state index >= 15 is 0 Å². The number of nitrogens with one attached hydrogen (secondary N) is 2. The van der Waals surface area contributed by atoms with E-state index in [1.807, 2.05) is 18.2 Å². The third kappa shape index (κ3) is 2.60. The van der Waals surface area contributed by atoms with E-state index in [2.05, 4.69) is 23.6 Å². The van der Waals surface area contributed by atoms with Gasteiger partial charge in [0.15, 0.2) is 0 Å². The van der Waals surface area contributed by atoms with Gasteiger partial charge >= 0.3 is 0 Å². The molecule has 19 heavy (non-hydrogen) atoms. The van der Waals surface area contributed by atoms with Gasteiger partial charge in [0.2, 0.25) is 5.91 Å². The fourth-order valence-electron chi connectivity index (χ4n) is 3.40. The number of fused-ring (bicyclic) bond motifs is 1. The smallest absolute Gasteiger partial charge is 0.229 e. The van der Waals surface area contributed by atoms with Gasteiger partial charge in [0.25, 0.3) is 0 Å². The first kappa shape index (κ1) is 12.5. The summed E-state index contributed by atoms with van der Waals surface area (Å²) in [5.74, 6) is 1.67. The van der Waals surface area contributed by atoms with Gasteiger partial charge in [-0.15, -0.1) is 0 Å². The molecule has 102 valence electrons. The molecule has 1 aromatic rings. The Morgan fingerprint density at radius 1 is 1.37 bits per heavy atom. The lowest BCUT2D eigenvalue weighted by Gasteiger charge is -2.14. The fourth-order valence-corrected chi connectivity index (χ4v) is 3.40. The number of benzene rings is 1. The molecule has 0 radical (unpaired) electrons. The Balaban J connectivity index is 1.57. The van der Waals surface area contributed by atoms with E-state index in [9.17, 15) is 4.79 Å². The van der Waals surface area contributed by atoms with Crippen molar-refractivity contribution in [3.63, 3.8) is 0 Å². The highest BCUT2D eigenvalue weighted by molar-refractivity contribution is 5.88. The van der Waals surface area contributed by atoms with Crippen LogP contribution in [-0.4, -0.2) is 19.0 Å². The van der Waals surface area contributed by atoms with Gasteiger partial charge in [-0.2, -0.15) is 0 Å². The standard InChI is InChI=1S/C16H22N2O/c1-11-6-7-12(8-11)9-18-16(19)14-10-17-15-5-3-2-4-13(14)15/h2-5,11-12,14,17H,6-10H2,1H3,(H,18,19). The first-order valence-electron chi connectivity index (χ1n) is 7.34. The lowest BCUT2D eigenvalue weighted by Crippen LogP contribution is -2.33. The maximum atomic E-state index is 12.3. The first-order valence-corrected chi connectivity index (χ1v) is 7.34. The third-order valence-electron chi connectivity index (χ3n) is 4.52. The zero-order valence-electron chi connectivity index (χ0n) is 11.5. The SMILES string of the molecule is CC1CCC(CNC(=O)C2CNc3ccccc32)C1. The number of amides is 1. The van der Waals surface area contributed by atoms with Crippen LogP contribution >= 0.6 is 0 Å². The number of rotatable bonds is 3. The predicted molar refractivity (Wildman–Crippen MR) is 77.2 cm³/mol. The molecule has 1 aliphatic carbocycles. The molecule has 2 aliphatic rings. The molecule has 1 heterocycles. The summed E-state index contributed by atoms with van der Waals surface area (Å²) in [6.45, 7) is 3.88. The molecule has 2 N–H and O–H groups in total. The van der Waals surface area contributed by atoms with Crippen LogP contribution in [0.1, 0.15) is 37.7 Å². The number of carbonyl (C=O) groups is 1. The molecule has 3 rings (SSSR count). The minimum atomic E-state index is -0.0185. The van der Waals surface area contributed by atoms with Crippen molar-refractivity contribution in [1.29, 1.82) is 0 Å². The second-order valence-corrected chi connectivity index (χ2v) is 6.05. The number of para-hydroxylation sites is 1. The van der Waals surface area contributed by atoms with Crippen LogP contribution in [0.3, 0.4) is 0 Å². The van der Waals surface area contributed by atoms with Crippen molar-refractivity contribution in [1.82, 2.24) is 5.32 Å². The third-order valence-corrected chi connectivity index (χ3v) is 4.52. The fraction of sp³-hybridized carbons (Fsp3) is 0.562. The van der Waals surface area contributed by atoms with Crippen molar-refractivity contribution in [2.24, 2.45) is 11.8 Å². The lowest BCUT2D eigenvalue weighted by atomic mass is 10.00. The van der Waals surface area contributed by atoms with Gasteiger partial charge in [0.05, 0.1) is 5.92 Å². The maximum Gasteiger partial charge on any atom is 0.229 e. The second kappa shape index (κ2) is 5.24. The highest BCUT2D eigenvalue weighted by atomic mass is 16.1. The van der Waals surface area contributed by atoms with Gasteiger partial charge in [-0.05, 0) is 36.3 Å². The quantitative estimate of drug-likeness (QED) is 0.875. The number of anilines is 1. The largest absolute Gasteiger partial charge is 0.384 e. The molecule has 3 nitrogen and oxygen atoms in total. The summed E-state index contributed by atoms with van der Waals surface area (Å²) in [6.07, 6.45) is 3.84. The lowest BCUT2D eigenvalue weighted by molar-refractivity contribution is -0.122. The molecule has 0 spiro atoms. The van der Waals surface area contributed by atoms with E-state index in [1.165, 1.54) is 19.3 Å². The minimum Gasteiger partial charge on any atom is -0.384 e. The van der Waals surface area contributed by atoms with E-state index in [0.29, 0.717) is 5.92 Å². The van der Waals surface area contributed by atoms with Gasteiger partial charge in [-0.1, -0.05) is 31.5 Å². The summed E-state index contributed by atoms with van der Waals surface area (Å²) in [6, 6.07) is 8.11. The number of hydrogen-bond acceptors (Lipinski definition) is 2. The van der Waals surface area contributed by atoms with Crippen LogP contribution in [0.25, 0.3) is 0 Å². The van der Waals surface area contributed by atoms with Crippen LogP contribution in [0.5, 0.6) is 0 Å². The van der Waals surface area contributed by atoms with Gasteiger partial charge < -0.3 is 10.6 Å². The topological polar surface area (TPSA) is 41.1 Å². The van der Waals surface area contributed by atoms with Crippen molar-refractivity contribution < 1.29 is 4.79 Å². The Morgan fingerprint density at radius 3 is 3.00 bits per heavy atom. The van der Waals surface area contributed by atoms with E-state index < -0.39 is 0 Å². The Hall–Kier alpha value is -1.51. The van der Waals surface area contributed by atoms with E-state index in [1.54, 1.807) is 0 Å². The molecular weight excluding hydrogens is 236 g/mol. The molecular formula is C16H22N2O. The summed E-state index contributed by atoms with van der Waals surface area (Å²) < 4.78 is 0. The van der Waals surface area contributed by atoms with Gasteiger partial charge in [-0.3, -0.25) is 4.79 Å². The summed E-state index contributed by atoms with van der Waals surface area (Å²) in [4.78, 5) is 12.3. The maximum absolute atomic E-state index is 12.3. The normalized spacial score (nSPS) is 28.8. The Kier molecular flexibility index (Phi) is 3.45. The molecule has 0 saturated heterocycles. The van der Waals surface area contributed by atoms with Crippen LogP contribution in [0.2, 0.25) is 0 Å². The van der Waals surface area contributed by atoms with Crippen molar-refractivity contribution in [3.8, 4) is 0 Å². The average Bonchev–Trinajstić information content (AvgIpc) is 3.02. The highest BCUT2D eigenvalue weighted by Crippen LogP contribution is 2.32. The van der Waals surface area contributed by atoms with Crippen molar-refractivity contribution in [2.45, 2.75) is 32.1 Å². The van der Waals surface area contributed by atoms with Crippen LogP contribution in [0, 0.1) is 11.8 Å². The predicted octanol–water partition coefficient (Wildman–Crippen LogP) is 2.75. The Bertz CT molecular complexity index is 472. The first-order chi connectivity index (χ1) is 9.24. The molecule has 0 aromatic heterocycles. The zero-order valence-corrected chi connectivity index (χ0v) is 11.5. The minimum absolute atomic E-state index is 0.0185. The van der Waals surface area contributed by atoms with Gasteiger partial charge in [-0.25, -0.2) is 0 Å². The molecule has 1 saturated carbocycles.